The van der Waals surface area contributed by atoms with E-state index >= 15 is 0 Å². The van der Waals surface area contributed by atoms with Gasteiger partial charge in [0.15, 0.2) is 6.29 Å². The van der Waals surface area contributed by atoms with E-state index < -0.39 is 4.92 Å². The van der Waals surface area contributed by atoms with Crippen LogP contribution in [0.2, 0.25) is 0 Å². The van der Waals surface area contributed by atoms with Crippen LogP contribution in [0.15, 0.2) is 23.1 Å². The Bertz CT molecular complexity index is 493. The molecule has 1 saturated heterocycles. The molecule has 1 fully saturated rings. The van der Waals surface area contributed by atoms with Crippen LogP contribution >= 0.6 is 0 Å². The largest absolute Gasteiger partial charge is 0.353 e. The Morgan fingerprint density at radius 1 is 1.47 bits per heavy atom. The highest BCUT2D eigenvalue weighted by Crippen LogP contribution is 2.13. The van der Waals surface area contributed by atoms with Crippen LogP contribution in [0.5, 0.6) is 0 Å². The molecule has 1 aromatic heterocycles. The second-order valence-electron chi connectivity index (χ2n) is 4.34. The summed E-state index contributed by atoms with van der Waals surface area (Å²) in [5.41, 5.74) is -0.382. The smallest absolute Gasteiger partial charge is 0.285 e. The molecule has 1 aliphatic heterocycles. The lowest BCUT2D eigenvalue weighted by Crippen LogP contribution is -2.26. The zero-order valence-electron chi connectivity index (χ0n) is 10.5. The summed E-state index contributed by atoms with van der Waals surface area (Å²) in [4.78, 5) is 21.6. The van der Waals surface area contributed by atoms with Crippen molar-refractivity contribution in [2.24, 2.45) is 0 Å². The first kappa shape index (κ1) is 13.7. The van der Waals surface area contributed by atoms with Gasteiger partial charge in [-0.25, -0.2) is 0 Å². The van der Waals surface area contributed by atoms with E-state index in [1.54, 1.807) is 0 Å². The van der Waals surface area contributed by atoms with Gasteiger partial charge in [0.05, 0.1) is 17.7 Å². The van der Waals surface area contributed by atoms with Gasteiger partial charge in [-0.15, -0.1) is 0 Å². The zero-order valence-corrected chi connectivity index (χ0v) is 10.5. The van der Waals surface area contributed by atoms with Crippen molar-refractivity contribution < 1.29 is 14.4 Å². The summed E-state index contributed by atoms with van der Waals surface area (Å²) < 4.78 is 12.2. The molecule has 7 nitrogen and oxygen atoms in total. The first-order valence-corrected chi connectivity index (χ1v) is 6.25. The molecule has 1 aromatic rings. The summed E-state index contributed by atoms with van der Waals surface area (Å²) in [6.45, 7) is 1.27. The molecule has 0 spiro atoms. The molecule has 0 saturated carbocycles. The molecule has 0 bridgehead atoms. The monoisotopic (exact) mass is 268 g/mol. The predicted octanol–water partition coefficient (Wildman–Crippen LogP) is 1.30. The highest BCUT2D eigenvalue weighted by atomic mass is 16.7. The minimum atomic E-state index is -0.527. The van der Waals surface area contributed by atoms with Crippen LogP contribution in [0.1, 0.15) is 19.3 Å². The molecule has 19 heavy (non-hydrogen) atoms. The van der Waals surface area contributed by atoms with Gasteiger partial charge in [0.25, 0.3) is 11.2 Å². The molecule has 0 amide bonds. The molecule has 1 atom stereocenters. The number of nitro groups is 1. The van der Waals surface area contributed by atoms with Crippen molar-refractivity contribution >= 4 is 5.69 Å². The molecule has 0 aliphatic carbocycles. The van der Waals surface area contributed by atoms with Crippen LogP contribution in [0.4, 0.5) is 5.69 Å². The number of hydrogen-bond donors (Lipinski definition) is 0. The Labute approximate surface area is 109 Å². The van der Waals surface area contributed by atoms with Crippen molar-refractivity contribution in [3.8, 4) is 0 Å². The maximum atomic E-state index is 11.5. The van der Waals surface area contributed by atoms with Crippen molar-refractivity contribution in [1.82, 2.24) is 4.57 Å². The molecule has 2 heterocycles. The third-order valence-corrected chi connectivity index (χ3v) is 2.95. The normalized spacial score (nSPS) is 19.3. The van der Waals surface area contributed by atoms with Crippen LogP contribution < -0.4 is 5.56 Å². The lowest BCUT2D eigenvalue weighted by atomic mass is 10.2. The zero-order chi connectivity index (χ0) is 13.7. The highest BCUT2D eigenvalue weighted by Gasteiger charge is 2.14. The van der Waals surface area contributed by atoms with Crippen molar-refractivity contribution in [2.75, 3.05) is 13.2 Å². The van der Waals surface area contributed by atoms with Gasteiger partial charge in [0.1, 0.15) is 0 Å². The molecule has 0 aromatic carbocycles. The first-order chi connectivity index (χ1) is 9.16. The van der Waals surface area contributed by atoms with Crippen LogP contribution in [0, 0.1) is 10.1 Å². The summed E-state index contributed by atoms with van der Waals surface area (Å²) in [6, 6.07) is 2.39. The van der Waals surface area contributed by atoms with E-state index in [0.29, 0.717) is 13.2 Å². The van der Waals surface area contributed by atoms with Gasteiger partial charge in [-0.05, 0) is 19.3 Å². The number of hydrogen-bond acceptors (Lipinski definition) is 5. The molecule has 7 heteroatoms. The van der Waals surface area contributed by atoms with Gasteiger partial charge in [-0.3, -0.25) is 14.9 Å². The molecular weight excluding hydrogens is 252 g/mol. The predicted molar refractivity (Wildman–Crippen MR) is 66.9 cm³/mol. The SMILES string of the molecule is O=c1ccc([N+](=O)[O-])cn1CCOC1CCCCO1. The third kappa shape index (κ3) is 3.87. The van der Waals surface area contributed by atoms with Gasteiger partial charge in [0, 0.05) is 25.3 Å². The minimum absolute atomic E-state index is 0.103. The molecule has 0 radical (unpaired) electrons. The fourth-order valence-electron chi connectivity index (χ4n) is 1.93. The van der Waals surface area contributed by atoms with E-state index in [9.17, 15) is 14.9 Å². The Morgan fingerprint density at radius 2 is 2.32 bits per heavy atom. The Morgan fingerprint density at radius 3 is 3.00 bits per heavy atom. The second-order valence-corrected chi connectivity index (χ2v) is 4.34. The first-order valence-electron chi connectivity index (χ1n) is 6.25. The lowest BCUT2D eigenvalue weighted by molar-refractivity contribution is -0.385. The maximum absolute atomic E-state index is 11.5. The molecule has 0 N–H and O–H groups in total. The lowest BCUT2D eigenvalue weighted by Gasteiger charge is -2.22. The van der Waals surface area contributed by atoms with Gasteiger partial charge >= 0.3 is 0 Å². The van der Waals surface area contributed by atoms with Crippen molar-refractivity contribution in [3.63, 3.8) is 0 Å². The molecule has 1 unspecified atom stereocenters. The Kier molecular flexibility index (Phi) is 4.64. The summed E-state index contributed by atoms with van der Waals surface area (Å²) >= 11 is 0. The average molecular weight is 268 g/mol. The van der Waals surface area contributed by atoms with E-state index in [0.717, 1.165) is 19.3 Å². The highest BCUT2D eigenvalue weighted by molar-refractivity contribution is 5.24. The average Bonchev–Trinajstić information content (AvgIpc) is 2.42. The number of nitrogens with zero attached hydrogens (tertiary/aromatic N) is 2. The van der Waals surface area contributed by atoms with Crippen LogP contribution in [0.25, 0.3) is 0 Å². The fourth-order valence-corrected chi connectivity index (χ4v) is 1.93. The Balaban J connectivity index is 1.89. The molecular formula is C12H16N2O5. The molecule has 104 valence electrons. The van der Waals surface area contributed by atoms with Gasteiger partial charge in [0.2, 0.25) is 0 Å². The third-order valence-electron chi connectivity index (χ3n) is 2.95. The molecule has 2 rings (SSSR count). The van der Waals surface area contributed by atoms with Crippen LogP contribution in [-0.4, -0.2) is 29.0 Å². The molecule has 1 aliphatic rings. The standard InChI is InChI=1S/C12H16N2O5/c15-11-5-4-10(14(16)17)9-13(11)6-8-19-12-3-1-2-7-18-12/h4-5,9,12H,1-3,6-8H2. The van der Waals surface area contributed by atoms with Gasteiger partial charge < -0.3 is 14.0 Å². The van der Waals surface area contributed by atoms with E-state index in [1.165, 1.54) is 22.9 Å². The van der Waals surface area contributed by atoms with Crippen molar-refractivity contribution in [1.29, 1.82) is 0 Å². The van der Waals surface area contributed by atoms with Crippen LogP contribution in [0.3, 0.4) is 0 Å². The van der Waals surface area contributed by atoms with Gasteiger partial charge in [-0.1, -0.05) is 0 Å². The summed E-state index contributed by atoms with van der Waals surface area (Å²) in [5, 5.41) is 10.6. The topological polar surface area (TPSA) is 83.6 Å². The van der Waals surface area contributed by atoms with E-state index in [-0.39, 0.29) is 24.1 Å². The summed E-state index contributed by atoms with van der Waals surface area (Å²) in [6.07, 6.45) is 3.98. The van der Waals surface area contributed by atoms with Crippen molar-refractivity contribution in [2.45, 2.75) is 32.1 Å². The number of aromatic nitrogens is 1. The van der Waals surface area contributed by atoms with E-state index in [4.69, 9.17) is 9.47 Å². The summed E-state index contributed by atoms with van der Waals surface area (Å²) in [5.74, 6) is 0. The van der Waals surface area contributed by atoms with Gasteiger partial charge in [-0.2, -0.15) is 0 Å². The van der Waals surface area contributed by atoms with E-state index in [2.05, 4.69) is 0 Å². The quantitative estimate of drug-likeness (QED) is 0.593. The number of pyridine rings is 1. The van der Waals surface area contributed by atoms with Crippen molar-refractivity contribution in [3.05, 3.63) is 38.8 Å². The second kappa shape index (κ2) is 6.44. The fraction of sp³-hybridized carbons (Fsp3) is 0.583. The summed E-state index contributed by atoms with van der Waals surface area (Å²) in [7, 11) is 0. The minimum Gasteiger partial charge on any atom is -0.353 e. The number of ether oxygens (including phenoxy) is 2. The van der Waals surface area contributed by atoms with E-state index in [1.807, 2.05) is 0 Å². The van der Waals surface area contributed by atoms with Crippen LogP contribution in [-0.2, 0) is 16.0 Å². The maximum Gasteiger partial charge on any atom is 0.285 e. The number of rotatable bonds is 5. The Hall–Kier alpha value is -1.73.